The predicted octanol–water partition coefficient (Wildman–Crippen LogP) is 8.33. The third-order valence-corrected chi connectivity index (χ3v) is 12.4. The number of amides is 3. The van der Waals surface area contributed by atoms with Crippen LogP contribution in [0.25, 0.3) is 0 Å². The third-order valence-electron chi connectivity index (χ3n) is 10.9. The number of ketones is 4. The average molecular weight is 835 g/mol. The number of hydrogen-bond acceptors (Lipinski definition) is 10. The van der Waals surface area contributed by atoms with Gasteiger partial charge >= 0.3 is 6.03 Å². The molecule has 59 heavy (non-hydrogen) atoms. The zero-order valence-electron chi connectivity index (χ0n) is 35.0. The number of carbonyl (C=O) groups excluding carboxylic acids is 6. The van der Waals surface area contributed by atoms with Crippen LogP contribution in [-0.2, 0) is 23.9 Å². The topological polar surface area (TPSA) is 183 Å². The van der Waals surface area contributed by atoms with Crippen LogP contribution in [-0.4, -0.2) is 84.6 Å². The fraction of sp³-hybridized carbons (Fsp3) is 0.609. The minimum Gasteiger partial charge on any atom is -0.397 e. The van der Waals surface area contributed by atoms with Crippen molar-refractivity contribution in [3.8, 4) is 0 Å². The molecule has 3 atom stereocenters. The second-order valence-electron chi connectivity index (χ2n) is 15.9. The van der Waals surface area contributed by atoms with Crippen LogP contribution in [0, 0.1) is 6.92 Å². The summed E-state index contributed by atoms with van der Waals surface area (Å²) in [6, 6.07) is 12.5. The standard InChI is InChI=1S/C46H66N4O8S/c1-33-21-26-40(39(47)31-33)48-45(55)35-24-22-34(23-25-35)42(54)19-7-11-30-58-29-10-6-16-38(53)18-12-17-37(52)15-5-9-28-57-27-8-4-14-36(51)13-2-3-20-43-44-41(32-59-43)49-46(56)50-44/h21-26,31,41,43-44H,2-20,27-30,32,47H2,1H3,(H,48,55)(H2,49,50,56). The number of aryl methyl sites for hydroxylation is 1. The number of nitrogens with one attached hydrogen (secondary N) is 3. The molecule has 0 spiro atoms. The van der Waals surface area contributed by atoms with Gasteiger partial charge in [0.2, 0.25) is 0 Å². The average Bonchev–Trinajstić information content (AvgIpc) is 3.78. The van der Waals surface area contributed by atoms with E-state index in [2.05, 4.69) is 16.0 Å². The van der Waals surface area contributed by atoms with Gasteiger partial charge in [0.05, 0.1) is 23.5 Å². The number of Topliss-reactive ketones (excluding diaryl/α,β-unsaturated/α-hetero) is 4. The highest BCUT2D eigenvalue weighted by Crippen LogP contribution is 2.33. The summed E-state index contributed by atoms with van der Waals surface area (Å²) in [5, 5.41) is 9.24. The highest BCUT2D eigenvalue weighted by molar-refractivity contribution is 8.00. The van der Waals surface area contributed by atoms with Crippen molar-refractivity contribution in [1.82, 2.24) is 10.6 Å². The lowest BCUT2D eigenvalue weighted by Crippen LogP contribution is -2.36. The number of benzene rings is 2. The minimum absolute atomic E-state index is 0.0233. The van der Waals surface area contributed by atoms with Crippen LogP contribution in [0.2, 0.25) is 0 Å². The number of thioether (sulfide) groups is 1. The van der Waals surface area contributed by atoms with Crippen molar-refractivity contribution in [2.75, 3.05) is 43.2 Å². The molecule has 2 heterocycles. The van der Waals surface area contributed by atoms with E-state index in [1.165, 1.54) is 0 Å². The molecule has 5 N–H and O–H groups in total. The van der Waals surface area contributed by atoms with Gasteiger partial charge in [-0.1, -0.05) is 24.6 Å². The molecule has 2 aromatic carbocycles. The lowest BCUT2D eigenvalue weighted by Gasteiger charge is -2.16. The molecule has 3 amide bonds. The first-order chi connectivity index (χ1) is 28.6. The van der Waals surface area contributed by atoms with Gasteiger partial charge in [0.15, 0.2) is 5.78 Å². The molecule has 0 aliphatic carbocycles. The Kier molecular flexibility index (Phi) is 21.7. The minimum atomic E-state index is -0.287. The largest absolute Gasteiger partial charge is 0.397 e. The van der Waals surface area contributed by atoms with Crippen molar-refractivity contribution < 1.29 is 38.2 Å². The maximum absolute atomic E-state index is 12.6. The quantitative estimate of drug-likeness (QED) is 0.0242. The van der Waals surface area contributed by atoms with E-state index < -0.39 is 0 Å². The van der Waals surface area contributed by atoms with E-state index in [9.17, 15) is 28.8 Å². The monoisotopic (exact) mass is 834 g/mol. The molecule has 2 fully saturated rings. The Morgan fingerprint density at radius 1 is 0.661 bits per heavy atom. The van der Waals surface area contributed by atoms with E-state index in [4.69, 9.17) is 15.2 Å². The number of carbonyl (C=O) groups is 6. The molecule has 2 saturated heterocycles. The molecule has 12 nitrogen and oxygen atoms in total. The molecule has 2 aliphatic rings. The predicted molar refractivity (Wildman–Crippen MR) is 234 cm³/mol. The molecule has 3 unspecified atom stereocenters. The fourth-order valence-electron chi connectivity index (χ4n) is 7.38. The second kappa shape index (κ2) is 26.9. The molecule has 0 radical (unpaired) electrons. The van der Waals surface area contributed by atoms with Gasteiger partial charge in [0.25, 0.3) is 5.91 Å². The summed E-state index contributed by atoms with van der Waals surface area (Å²) in [5.74, 6) is 1.40. The molecule has 13 heteroatoms. The summed E-state index contributed by atoms with van der Waals surface area (Å²) < 4.78 is 11.4. The SMILES string of the molecule is Cc1ccc(NC(=O)c2ccc(C(=O)CCCCOCCCCC(=O)CCCC(=O)CCCCOCCCCC(=O)CCCCC3SCC4NC(=O)NC43)cc2)c(N)c1. The van der Waals surface area contributed by atoms with Crippen molar-refractivity contribution in [1.29, 1.82) is 0 Å². The van der Waals surface area contributed by atoms with Gasteiger partial charge in [-0.15, -0.1) is 0 Å². The van der Waals surface area contributed by atoms with Crippen LogP contribution >= 0.6 is 11.8 Å². The van der Waals surface area contributed by atoms with Gasteiger partial charge in [-0.3, -0.25) is 24.0 Å². The highest BCUT2D eigenvalue weighted by atomic mass is 32.2. The maximum Gasteiger partial charge on any atom is 0.315 e. The van der Waals surface area contributed by atoms with Crippen LogP contribution in [0.5, 0.6) is 0 Å². The van der Waals surface area contributed by atoms with Gasteiger partial charge in [0, 0.05) is 93.5 Å². The van der Waals surface area contributed by atoms with E-state index in [0.29, 0.717) is 118 Å². The number of anilines is 2. The Balaban J connectivity index is 0.866. The van der Waals surface area contributed by atoms with E-state index in [1.54, 1.807) is 36.4 Å². The van der Waals surface area contributed by atoms with Crippen LogP contribution in [0.1, 0.15) is 148 Å². The highest BCUT2D eigenvalue weighted by Gasteiger charge is 2.42. The molecule has 2 aliphatic heterocycles. The molecule has 2 aromatic rings. The lowest BCUT2D eigenvalue weighted by molar-refractivity contribution is -0.121. The Morgan fingerprint density at radius 2 is 1.17 bits per heavy atom. The summed E-state index contributed by atoms with van der Waals surface area (Å²) in [5.41, 5.74) is 9.06. The first kappa shape index (κ1) is 47.6. The second-order valence-corrected chi connectivity index (χ2v) is 17.2. The van der Waals surface area contributed by atoms with Gasteiger partial charge in [0.1, 0.15) is 17.3 Å². The van der Waals surface area contributed by atoms with Gasteiger partial charge in [-0.05, 0) is 107 Å². The van der Waals surface area contributed by atoms with E-state index in [-0.39, 0.29) is 41.4 Å². The fourth-order valence-corrected chi connectivity index (χ4v) is 8.93. The third kappa shape index (κ3) is 18.4. The lowest BCUT2D eigenvalue weighted by atomic mass is 10.0. The van der Waals surface area contributed by atoms with Crippen molar-refractivity contribution >= 4 is 58.2 Å². The number of unbranched alkanes of at least 4 members (excludes halogenated alkanes) is 5. The van der Waals surface area contributed by atoms with Gasteiger partial charge < -0.3 is 31.2 Å². The van der Waals surface area contributed by atoms with E-state index in [1.807, 2.05) is 24.8 Å². The zero-order valence-corrected chi connectivity index (χ0v) is 35.8. The summed E-state index contributed by atoms with van der Waals surface area (Å²) in [6.07, 6.45) is 13.4. The summed E-state index contributed by atoms with van der Waals surface area (Å²) in [4.78, 5) is 73.4. The number of hydrogen-bond donors (Lipinski definition) is 4. The number of nitrogens with two attached hydrogens (primary N) is 1. The van der Waals surface area contributed by atoms with Crippen LogP contribution < -0.4 is 21.7 Å². The van der Waals surface area contributed by atoms with Crippen LogP contribution in [0.4, 0.5) is 16.2 Å². The maximum atomic E-state index is 12.6. The van der Waals surface area contributed by atoms with Crippen molar-refractivity contribution in [2.24, 2.45) is 0 Å². The van der Waals surface area contributed by atoms with Gasteiger partial charge in [-0.2, -0.15) is 11.8 Å². The number of urea groups is 1. The smallest absolute Gasteiger partial charge is 0.315 e. The zero-order chi connectivity index (χ0) is 42.2. The number of rotatable bonds is 32. The molecular formula is C46H66N4O8S. The molecule has 4 rings (SSSR count). The molecule has 0 saturated carbocycles. The normalized spacial score (nSPS) is 17.0. The number of fused-ring (bicyclic) bond motifs is 1. The summed E-state index contributed by atoms with van der Waals surface area (Å²) in [6.45, 7) is 4.31. The first-order valence-corrected chi connectivity index (χ1v) is 22.8. The molecule has 324 valence electrons. The Labute approximate surface area is 354 Å². The number of ether oxygens (including phenoxy) is 2. The van der Waals surface area contributed by atoms with Gasteiger partial charge in [-0.25, -0.2) is 4.79 Å². The Morgan fingerprint density at radius 3 is 1.73 bits per heavy atom. The number of nitrogen functional groups attached to an aromatic ring is 1. The summed E-state index contributed by atoms with van der Waals surface area (Å²) in [7, 11) is 0. The van der Waals surface area contributed by atoms with Crippen molar-refractivity contribution in [3.63, 3.8) is 0 Å². The van der Waals surface area contributed by atoms with E-state index >= 15 is 0 Å². The van der Waals surface area contributed by atoms with Crippen molar-refractivity contribution in [2.45, 2.75) is 146 Å². The van der Waals surface area contributed by atoms with Crippen LogP contribution in [0.3, 0.4) is 0 Å². The van der Waals surface area contributed by atoms with Crippen molar-refractivity contribution in [3.05, 3.63) is 59.2 Å². The first-order valence-electron chi connectivity index (χ1n) is 21.8. The summed E-state index contributed by atoms with van der Waals surface area (Å²) >= 11 is 1.91. The van der Waals surface area contributed by atoms with Crippen LogP contribution in [0.15, 0.2) is 42.5 Å². The molecule has 0 bridgehead atoms. The Bertz CT molecular complexity index is 1670. The Hall–Kier alpha value is -4.07. The molecular weight excluding hydrogens is 769 g/mol. The van der Waals surface area contributed by atoms with E-state index in [0.717, 1.165) is 75.5 Å². The molecule has 0 aromatic heterocycles.